The number of nitrogens with one attached hydrogen (secondary N) is 6. The van der Waals surface area contributed by atoms with Crippen LogP contribution in [0.25, 0.3) is 0 Å². The number of fused-ring (bicyclic) bond motifs is 1. The first-order valence-corrected chi connectivity index (χ1v) is 22.2. The van der Waals surface area contributed by atoms with Crippen LogP contribution >= 0.6 is 11.8 Å². The van der Waals surface area contributed by atoms with E-state index in [4.69, 9.17) is 9.47 Å². The van der Waals surface area contributed by atoms with Crippen LogP contribution in [-0.2, 0) is 49.6 Å². The maximum Gasteiger partial charge on any atom is 0.408 e. The monoisotopic (exact) mass is 908 g/mol. The van der Waals surface area contributed by atoms with E-state index in [9.17, 15) is 53.1 Å². The van der Waals surface area contributed by atoms with Crippen LogP contribution in [0, 0.1) is 13.8 Å². The van der Waals surface area contributed by atoms with Crippen LogP contribution in [0.3, 0.4) is 0 Å². The fourth-order valence-corrected chi connectivity index (χ4v) is 8.82. The average Bonchev–Trinajstić information content (AvgIpc) is 3.80. The molecule has 2 saturated heterocycles. The van der Waals surface area contributed by atoms with Gasteiger partial charge in [0.2, 0.25) is 23.5 Å². The molecular formula is C44H56N6O13S. The minimum Gasteiger partial charge on any atom is -0.481 e. The number of carbonyl (C=O) groups excluding carboxylic acids is 9. The largest absolute Gasteiger partial charge is 0.481 e. The first-order valence-electron chi connectivity index (χ1n) is 21.1. The van der Waals surface area contributed by atoms with E-state index in [-0.39, 0.29) is 67.2 Å². The Bertz CT molecular complexity index is 2030. The van der Waals surface area contributed by atoms with Crippen LogP contribution in [-0.4, -0.2) is 112 Å². The molecular weight excluding hydrogens is 853 g/mol. The van der Waals surface area contributed by atoms with E-state index in [1.54, 1.807) is 74.1 Å². The van der Waals surface area contributed by atoms with Crippen molar-refractivity contribution in [2.75, 3.05) is 12.3 Å². The van der Waals surface area contributed by atoms with E-state index in [0.29, 0.717) is 29.5 Å². The highest BCUT2D eigenvalue weighted by atomic mass is 32.2. The van der Waals surface area contributed by atoms with Crippen molar-refractivity contribution in [3.05, 3.63) is 70.8 Å². The summed E-state index contributed by atoms with van der Waals surface area (Å²) in [5.74, 6) is -7.04. The molecule has 0 aliphatic carbocycles. The number of carboxylic acids is 1. The zero-order valence-corrected chi connectivity index (χ0v) is 36.8. The van der Waals surface area contributed by atoms with Gasteiger partial charge in [-0.2, -0.15) is 11.8 Å². The molecule has 64 heavy (non-hydrogen) atoms. The number of Topliss-reactive ketones (excluding diaryl/α,β-unsaturated/α-hetero) is 2. The van der Waals surface area contributed by atoms with Crippen LogP contribution in [0.4, 0.5) is 9.59 Å². The molecule has 6 amide bonds. The molecule has 0 unspecified atom stereocenters. The summed E-state index contributed by atoms with van der Waals surface area (Å²) in [4.78, 5) is 127. The Morgan fingerprint density at radius 1 is 0.797 bits per heavy atom. The third-order valence-electron chi connectivity index (χ3n) is 10.7. The number of thioether (sulfide) groups is 1. The third kappa shape index (κ3) is 16.1. The lowest BCUT2D eigenvalue weighted by Crippen LogP contribution is -2.56. The lowest BCUT2D eigenvalue weighted by Gasteiger charge is -2.24. The number of urea groups is 1. The number of hydrogen-bond donors (Lipinski definition) is 7. The highest BCUT2D eigenvalue weighted by molar-refractivity contribution is 8.00. The van der Waals surface area contributed by atoms with Gasteiger partial charge in [0.15, 0.2) is 5.78 Å². The summed E-state index contributed by atoms with van der Waals surface area (Å²) in [6.45, 7) is 4.25. The molecule has 0 aromatic heterocycles. The van der Waals surface area contributed by atoms with Gasteiger partial charge >= 0.3 is 30.0 Å². The SMILES string of the molecule is CC(=O)C(=O)[C@H](CC(=O)OC(=O)c1c(C)cccc1C)NC(=O)[C@H](CCCCNC(=O)CCCC[C@@H]1SC[C@@H]2NC(=O)N[C@@H]21)NC(=O)[C@H](CCC(=O)O)NC(=O)OCc1ccccc1. The molecule has 20 heteroatoms. The van der Waals surface area contributed by atoms with Crippen molar-refractivity contribution in [2.45, 2.75) is 127 Å². The number of rotatable bonds is 25. The standard InChI is InChI=1S/C44H56N6O13S/c1-25-12-11-13-26(2)37(25)42(59)63-36(55)22-31(39(56)27(3)51)47-40(57)29(46-41(58)30(19-20-35(53)54)49-44(61)62-23-28-14-5-4-6-15-28)16-9-10-21-45-34(52)18-8-7-17-33-38-32(24-64-33)48-43(60)50-38/h4-6,11-15,29-33,38H,7-10,16-24H2,1-3H3,(H,45,52)(H,46,58)(H,47,57)(H,49,61)(H,53,54)(H2,48,50,60)/t29-,30-,31-,32-,33-,38-/m0/s1. The second-order valence-corrected chi connectivity index (χ2v) is 17.0. The van der Waals surface area contributed by atoms with E-state index in [2.05, 4.69) is 31.9 Å². The lowest BCUT2D eigenvalue weighted by molar-refractivity contribution is -0.143. The zero-order valence-electron chi connectivity index (χ0n) is 36.0. The maximum atomic E-state index is 13.9. The van der Waals surface area contributed by atoms with Gasteiger partial charge in [-0.1, -0.05) is 55.0 Å². The highest BCUT2D eigenvalue weighted by Crippen LogP contribution is 2.33. The second-order valence-electron chi connectivity index (χ2n) is 15.7. The summed E-state index contributed by atoms with van der Waals surface area (Å²) in [6, 6.07) is 8.86. The van der Waals surface area contributed by atoms with Crippen molar-refractivity contribution >= 4 is 71.1 Å². The summed E-state index contributed by atoms with van der Waals surface area (Å²) in [7, 11) is 0. The summed E-state index contributed by atoms with van der Waals surface area (Å²) >= 11 is 1.80. The summed E-state index contributed by atoms with van der Waals surface area (Å²) < 4.78 is 10.2. The van der Waals surface area contributed by atoms with Crippen molar-refractivity contribution in [1.29, 1.82) is 0 Å². The predicted octanol–water partition coefficient (Wildman–Crippen LogP) is 2.68. The molecule has 0 radical (unpaired) electrons. The smallest absolute Gasteiger partial charge is 0.408 e. The number of aryl methyl sites for hydroxylation is 2. The van der Waals surface area contributed by atoms with Crippen LogP contribution < -0.4 is 31.9 Å². The Labute approximate surface area is 374 Å². The number of benzene rings is 2. The van der Waals surface area contributed by atoms with Crippen LogP contribution in [0.15, 0.2) is 48.5 Å². The number of carboxylic acid groups (broad SMARTS) is 1. The second kappa shape index (κ2) is 25.1. The molecule has 0 spiro atoms. The maximum absolute atomic E-state index is 13.9. The van der Waals surface area contributed by atoms with E-state index in [0.717, 1.165) is 25.5 Å². The van der Waals surface area contributed by atoms with Gasteiger partial charge in [0, 0.05) is 37.3 Å². The molecule has 2 aromatic carbocycles. The van der Waals surface area contributed by atoms with Gasteiger partial charge in [-0.15, -0.1) is 0 Å². The number of ketones is 2. The third-order valence-corrected chi connectivity index (χ3v) is 12.2. The molecule has 7 N–H and O–H groups in total. The Balaban J connectivity index is 1.39. The molecule has 19 nitrogen and oxygen atoms in total. The van der Waals surface area contributed by atoms with Gasteiger partial charge in [0.25, 0.3) is 0 Å². The number of unbranched alkanes of at least 4 members (excludes halogenated alkanes) is 2. The summed E-state index contributed by atoms with van der Waals surface area (Å²) in [5, 5.41) is 25.5. The Kier molecular flexibility index (Phi) is 19.7. The number of esters is 2. The average molecular weight is 909 g/mol. The van der Waals surface area contributed by atoms with E-state index in [1.807, 2.05) is 0 Å². The first kappa shape index (κ1) is 50.3. The van der Waals surface area contributed by atoms with Gasteiger partial charge < -0.3 is 46.5 Å². The van der Waals surface area contributed by atoms with Gasteiger partial charge in [-0.25, -0.2) is 14.4 Å². The molecule has 4 rings (SSSR count). The van der Waals surface area contributed by atoms with E-state index >= 15 is 0 Å². The molecule has 0 saturated carbocycles. The van der Waals surface area contributed by atoms with Crippen LogP contribution in [0.5, 0.6) is 0 Å². The van der Waals surface area contributed by atoms with Crippen molar-refractivity contribution in [3.63, 3.8) is 0 Å². The van der Waals surface area contributed by atoms with Gasteiger partial charge in [-0.05, 0) is 69.1 Å². The molecule has 346 valence electrons. The molecule has 0 bridgehead atoms. The topological polar surface area (TPSA) is 282 Å². The van der Waals surface area contributed by atoms with Crippen molar-refractivity contribution < 1.29 is 62.5 Å². The zero-order chi connectivity index (χ0) is 46.8. The summed E-state index contributed by atoms with van der Waals surface area (Å²) in [6.07, 6.45) is 0.0731. The Hall–Kier alpha value is -6.31. The fourth-order valence-electron chi connectivity index (χ4n) is 7.27. The minimum absolute atomic E-state index is 0.0803. The Morgan fingerprint density at radius 3 is 2.14 bits per heavy atom. The molecule has 6 atom stereocenters. The molecule has 2 aromatic rings. The Morgan fingerprint density at radius 2 is 1.47 bits per heavy atom. The van der Waals surface area contributed by atoms with Gasteiger partial charge in [-0.3, -0.25) is 33.6 Å². The van der Waals surface area contributed by atoms with Gasteiger partial charge in [0.1, 0.15) is 24.7 Å². The highest BCUT2D eigenvalue weighted by Gasteiger charge is 2.42. The van der Waals surface area contributed by atoms with Crippen molar-refractivity contribution in [3.8, 4) is 0 Å². The van der Waals surface area contributed by atoms with Crippen LogP contribution in [0.2, 0.25) is 0 Å². The number of aliphatic carboxylic acids is 1. The van der Waals surface area contributed by atoms with E-state index < -0.39 is 84.8 Å². The normalized spacial score (nSPS) is 17.5. The quantitative estimate of drug-likeness (QED) is 0.0248. The van der Waals surface area contributed by atoms with Gasteiger partial charge in [0.05, 0.1) is 24.1 Å². The lowest BCUT2D eigenvalue weighted by atomic mass is 10.0. The van der Waals surface area contributed by atoms with Crippen molar-refractivity contribution in [2.24, 2.45) is 0 Å². The number of hydrogen-bond acceptors (Lipinski definition) is 13. The predicted molar refractivity (Wildman–Crippen MR) is 232 cm³/mol. The molecule has 2 heterocycles. The number of alkyl carbamates (subject to hydrolysis) is 1. The number of ether oxygens (including phenoxy) is 2. The van der Waals surface area contributed by atoms with E-state index in [1.165, 1.54) is 0 Å². The molecule has 2 aliphatic heterocycles. The number of carbonyl (C=O) groups is 10. The minimum atomic E-state index is -1.81. The van der Waals surface area contributed by atoms with Crippen LogP contribution in [0.1, 0.15) is 98.2 Å². The molecule has 2 fully saturated rings. The van der Waals surface area contributed by atoms with Crippen molar-refractivity contribution in [1.82, 2.24) is 31.9 Å². The number of amides is 6. The summed E-state index contributed by atoms with van der Waals surface area (Å²) in [5.41, 5.74) is 1.81. The first-order chi connectivity index (χ1) is 30.5. The molecule has 2 aliphatic rings. The fraction of sp³-hybridized carbons (Fsp3) is 0.500.